The molecule has 0 saturated heterocycles. The van der Waals surface area contributed by atoms with E-state index in [-0.39, 0.29) is 5.91 Å². The van der Waals surface area contributed by atoms with Gasteiger partial charge in [0.2, 0.25) is 0 Å². The van der Waals surface area contributed by atoms with E-state index in [2.05, 4.69) is 10.6 Å². The summed E-state index contributed by atoms with van der Waals surface area (Å²) in [6.45, 7) is 7.20. The minimum atomic E-state index is -0.0389. The van der Waals surface area contributed by atoms with Crippen molar-refractivity contribution in [3.05, 3.63) is 22.6 Å². The first kappa shape index (κ1) is 12.8. The summed E-state index contributed by atoms with van der Waals surface area (Å²) in [6.07, 6.45) is 0.928. The second-order valence-corrected chi connectivity index (χ2v) is 3.93. The summed E-state index contributed by atoms with van der Waals surface area (Å²) in [6, 6.07) is 0. The van der Waals surface area contributed by atoms with Gasteiger partial charge in [-0.1, -0.05) is 0 Å². The first-order valence-corrected chi connectivity index (χ1v) is 5.57. The van der Waals surface area contributed by atoms with Crippen LogP contribution in [-0.4, -0.2) is 26.0 Å². The van der Waals surface area contributed by atoms with Gasteiger partial charge in [0.25, 0.3) is 5.91 Å². The maximum atomic E-state index is 11.9. The lowest BCUT2D eigenvalue weighted by atomic mass is 10.1. The van der Waals surface area contributed by atoms with Gasteiger partial charge < -0.3 is 15.1 Å². The number of carbonyl (C=O) groups is 1. The fourth-order valence-corrected chi connectivity index (χ4v) is 1.68. The molecular weight excluding hydrogens is 204 g/mol. The van der Waals surface area contributed by atoms with Crippen molar-refractivity contribution in [1.29, 1.82) is 0 Å². The predicted octanol–water partition coefficient (Wildman–Crippen LogP) is 1.54. The summed E-state index contributed by atoms with van der Waals surface area (Å²) in [4.78, 5) is 11.9. The predicted molar refractivity (Wildman–Crippen MR) is 63.8 cm³/mol. The van der Waals surface area contributed by atoms with Crippen LogP contribution < -0.4 is 10.6 Å². The van der Waals surface area contributed by atoms with Gasteiger partial charge >= 0.3 is 0 Å². The summed E-state index contributed by atoms with van der Waals surface area (Å²) in [5.41, 5.74) is 1.62. The lowest BCUT2D eigenvalue weighted by Crippen LogP contribution is -2.27. The highest BCUT2D eigenvalue weighted by atomic mass is 16.3. The molecule has 0 aliphatic heterocycles. The molecule has 2 N–H and O–H groups in total. The number of aryl methyl sites for hydroxylation is 2. The molecule has 0 saturated carbocycles. The van der Waals surface area contributed by atoms with E-state index in [0.29, 0.717) is 17.9 Å². The Morgan fingerprint density at radius 2 is 1.88 bits per heavy atom. The molecule has 1 aromatic rings. The Balaban J connectivity index is 2.59. The third kappa shape index (κ3) is 2.85. The van der Waals surface area contributed by atoms with Gasteiger partial charge in [0.1, 0.15) is 11.5 Å². The highest BCUT2D eigenvalue weighted by molar-refractivity contribution is 5.96. The summed E-state index contributed by atoms with van der Waals surface area (Å²) in [5, 5.41) is 5.93. The number of amides is 1. The van der Waals surface area contributed by atoms with E-state index in [1.165, 1.54) is 0 Å². The second-order valence-electron chi connectivity index (χ2n) is 3.93. The van der Waals surface area contributed by atoms with E-state index in [0.717, 1.165) is 24.3 Å². The van der Waals surface area contributed by atoms with Gasteiger partial charge in [0.05, 0.1) is 5.56 Å². The monoisotopic (exact) mass is 224 g/mol. The lowest BCUT2D eigenvalue weighted by molar-refractivity contribution is 0.0951. The molecule has 0 aliphatic rings. The molecule has 4 heteroatoms. The van der Waals surface area contributed by atoms with Crippen LogP contribution in [0.25, 0.3) is 0 Å². The van der Waals surface area contributed by atoms with E-state index in [9.17, 15) is 4.79 Å². The highest BCUT2D eigenvalue weighted by Gasteiger charge is 2.17. The van der Waals surface area contributed by atoms with Gasteiger partial charge in [0.15, 0.2) is 0 Å². The fraction of sp³-hybridized carbons (Fsp3) is 0.583. The molecule has 0 bridgehead atoms. The van der Waals surface area contributed by atoms with Gasteiger partial charge in [-0.25, -0.2) is 0 Å². The van der Waals surface area contributed by atoms with Gasteiger partial charge in [0, 0.05) is 12.1 Å². The molecule has 0 unspecified atom stereocenters. The maximum Gasteiger partial charge on any atom is 0.255 e. The van der Waals surface area contributed by atoms with Crippen molar-refractivity contribution >= 4 is 5.91 Å². The summed E-state index contributed by atoms with van der Waals surface area (Å²) in [5.74, 6) is 1.47. The molecule has 0 aromatic carbocycles. The molecule has 1 amide bonds. The topological polar surface area (TPSA) is 54.3 Å². The molecular formula is C12H20N2O2. The van der Waals surface area contributed by atoms with E-state index in [1.807, 2.05) is 27.8 Å². The molecule has 0 aliphatic carbocycles. The Hall–Kier alpha value is -1.29. The zero-order chi connectivity index (χ0) is 12.1. The van der Waals surface area contributed by atoms with Crippen molar-refractivity contribution in [3.63, 3.8) is 0 Å². The van der Waals surface area contributed by atoms with Crippen LogP contribution in [0.2, 0.25) is 0 Å². The maximum absolute atomic E-state index is 11.9. The zero-order valence-electron chi connectivity index (χ0n) is 10.4. The summed E-state index contributed by atoms with van der Waals surface area (Å²) >= 11 is 0. The van der Waals surface area contributed by atoms with Crippen LogP contribution in [0.3, 0.4) is 0 Å². The number of furan rings is 1. The Morgan fingerprint density at radius 1 is 1.19 bits per heavy atom. The fourth-order valence-electron chi connectivity index (χ4n) is 1.68. The zero-order valence-corrected chi connectivity index (χ0v) is 10.4. The Bertz CT molecular complexity index is 369. The number of hydrogen-bond donors (Lipinski definition) is 2. The van der Waals surface area contributed by atoms with E-state index in [4.69, 9.17) is 4.42 Å². The molecule has 0 spiro atoms. The highest BCUT2D eigenvalue weighted by Crippen LogP contribution is 2.20. The van der Waals surface area contributed by atoms with Crippen LogP contribution in [0.1, 0.15) is 33.9 Å². The van der Waals surface area contributed by atoms with Crippen molar-refractivity contribution in [2.45, 2.75) is 27.2 Å². The molecule has 4 nitrogen and oxygen atoms in total. The number of carbonyl (C=O) groups excluding carboxylic acids is 1. The normalized spacial score (nSPS) is 10.5. The van der Waals surface area contributed by atoms with Gasteiger partial charge in [-0.15, -0.1) is 0 Å². The van der Waals surface area contributed by atoms with Crippen molar-refractivity contribution in [2.24, 2.45) is 0 Å². The van der Waals surface area contributed by atoms with Crippen molar-refractivity contribution in [1.82, 2.24) is 10.6 Å². The first-order valence-electron chi connectivity index (χ1n) is 5.57. The van der Waals surface area contributed by atoms with Gasteiger partial charge in [-0.2, -0.15) is 0 Å². The number of hydrogen-bond acceptors (Lipinski definition) is 3. The lowest BCUT2D eigenvalue weighted by Gasteiger charge is -2.04. The summed E-state index contributed by atoms with van der Waals surface area (Å²) in [7, 11) is 1.90. The average molecular weight is 224 g/mol. The van der Waals surface area contributed by atoms with E-state index < -0.39 is 0 Å². The molecule has 90 valence electrons. The van der Waals surface area contributed by atoms with Crippen LogP contribution in [0.5, 0.6) is 0 Å². The Kier molecular flexibility index (Phi) is 4.55. The molecule has 0 radical (unpaired) electrons. The Labute approximate surface area is 96.4 Å². The van der Waals surface area contributed by atoms with Crippen LogP contribution in [0, 0.1) is 20.8 Å². The van der Waals surface area contributed by atoms with Crippen molar-refractivity contribution in [3.8, 4) is 0 Å². The van der Waals surface area contributed by atoms with E-state index >= 15 is 0 Å². The third-order valence-corrected chi connectivity index (χ3v) is 2.68. The summed E-state index contributed by atoms with van der Waals surface area (Å²) < 4.78 is 5.42. The van der Waals surface area contributed by atoms with Crippen molar-refractivity contribution < 1.29 is 9.21 Å². The quantitative estimate of drug-likeness (QED) is 0.746. The van der Waals surface area contributed by atoms with Gasteiger partial charge in [-0.05, 0) is 40.8 Å². The van der Waals surface area contributed by atoms with Crippen molar-refractivity contribution in [2.75, 3.05) is 20.1 Å². The molecule has 0 fully saturated rings. The minimum Gasteiger partial charge on any atom is -0.466 e. The standard InChI is InChI=1S/C12H20N2O2/c1-8-9(2)16-10(3)11(8)12(15)14-7-5-6-13-4/h13H,5-7H2,1-4H3,(H,14,15). The number of nitrogens with one attached hydrogen (secondary N) is 2. The molecule has 1 heterocycles. The molecule has 1 rings (SSSR count). The third-order valence-electron chi connectivity index (χ3n) is 2.68. The second kappa shape index (κ2) is 5.70. The van der Waals surface area contributed by atoms with Crippen LogP contribution in [-0.2, 0) is 0 Å². The number of rotatable bonds is 5. The largest absolute Gasteiger partial charge is 0.466 e. The molecule has 0 atom stereocenters. The SMILES string of the molecule is CNCCCNC(=O)c1c(C)oc(C)c1C. The van der Waals surface area contributed by atoms with Crippen LogP contribution >= 0.6 is 0 Å². The molecule has 16 heavy (non-hydrogen) atoms. The first-order chi connectivity index (χ1) is 7.57. The smallest absolute Gasteiger partial charge is 0.255 e. The van der Waals surface area contributed by atoms with Crippen LogP contribution in [0.4, 0.5) is 0 Å². The van der Waals surface area contributed by atoms with Gasteiger partial charge in [-0.3, -0.25) is 4.79 Å². The van der Waals surface area contributed by atoms with E-state index in [1.54, 1.807) is 0 Å². The Morgan fingerprint density at radius 3 is 2.38 bits per heavy atom. The average Bonchev–Trinajstić information content (AvgIpc) is 2.48. The molecule has 1 aromatic heterocycles. The van der Waals surface area contributed by atoms with Crippen LogP contribution in [0.15, 0.2) is 4.42 Å². The minimum absolute atomic E-state index is 0.0389.